The van der Waals surface area contributed by atoms with E-state index in [1.54, 1.807) is 30.1 Å². The lowest BCUT2D eigenvalue weighted by molar-refractivity contribution is -0.143. The van der Waals surface area contributed by atoms with Gasteiger partial charge in [-0.3, -0.25) is 14.4 Å². The van der Waals surface area contributed by atoms with Crippen LogP contribution in [0.3, 0.4) is 0 Å². The molecule has 164 valence electrons. The number of nitrogens with one attached hydrogen (secondary N) is 2. The summed E-state index contributed by atoms with van der Waals surface area (Å²) < 4.78 is 0. The van der Waals surface area contributed by atoms with E-state index in [1.807, 2.05) is 47.1 Å². The Morgan fingerprint density at radius 1 is 1.13 bits per heavy atom. The van der Waals surface area contributed by atoms with Crippen molar-refractivity contribution in [1.29, 1.82) is 0 Å². The van der Waals surface area contributed by atoms with Crippen LogP contribution in [-0.2, 0) is 9.59 Å². The fourth-order valence-corrected chi connectivity index (χ4v) is 5.10. The van der Waals surface area contributed by atoms with Crippen molar-refractivity contribution in [2.75, 3.05) is 26.2 Å². The monoisotopic (exact) mass is 440 g/mol. The first-order valence-corrected chi connectivity index (χ1v) is 11.6. The van der Waals surface area contributed by atoms with E-state index in [-0.39, 0.29) is 34.9 Å². The Morgan fingerprint density at radius 3 is 2.58 bits per heavy atom. The van der Waals surface area contributed by atoms with Crippen LogP contribution >= 0.6 is 11.8 Å². The molecule has 2 aromatic rings. The van der Waals surface area contributed by atoms with Gasteiger partial charge in [-0.2, -0.15) is 0 Å². The fraction of sp³-hybridized carbons (Fsp3) is 0.435. The van der Waals surface area contributed by atoms with Crippen molar-refractivity contribution in [3.05, 3.63) is 54.4 Å². The lowest BCUT2D eigenvalue weighted by Crippen LogP contribution is -2.59. The van der Waals surface area contributed by atoms with Gasteiger partial charge in [-0.15, -0.1) is 11.8 Å². The molecule has 1 spiro atoms. The summed E-state index contributed by atoms with van der Waals surface area (Å²) in [5, 5.41) is 2.62. The molecule has 1 saturated carbocycles. The number of hydrogen-bond acceptors (Lipinski definition) is 4. The number of thioether (sulfide) groups is 1. The molecular weight excluding hydrogens is 412 g/mol. The van der Waals surface area contributed by atoms with Gasteiger partial charge < -0.3 is 20.1 Å². The summed E-state index contributed by atoms with van der Waals surface area (Å²) in [7, 11) is 0. The summed E-state index contributed by atoms with van der Waals surface area (Å²) in [4.78, 5) is 45.6. The quantitative estimate of drug-likeness (QED) is 0.648. The van der Waals surface area contributed by atoms with E-state index in [4.69, 9.17) is 0 Å². The second-order valence-electron chi connectivity index (χ2n) is 8.19. The van der Waals surface area contributed by atoms with Crippen molar-refractivity contribution in [1.82, 2.24) is 20.1 Å². The number of carbonyl (C=O) groups excluding carboxylic acids is 3. The predicted octanol–water partition coefficient (Wildman–Crippen LogP) is 2.52. The molecule has 1 unspecified atom stereocenters. The van der Waals surface area contributed by atoms with Crippen LogP contribution in [0.2, 0.25) is 0 Å². The number of nitrogens with zero attached hydrogens (tertiary/aromatic N) is 2. The maximum Gasteiger partial charge on any atom is 0.267 e. The molecule has 3 amide bonds. The number of aromatic nitrogens is 1. The molecule has 2 aliphatic rings. The zero-order valence-electron chi connectivity index (χ0n) is 17.7. The molecule has 1 aliphatic carbocycles. The van der Waals surface area contributed by atoms with Crippen molar-refractivity contribution in [3.63, 3.8) is 0 Å². The van der Waals surface area contributed by atoms with Crippen LogP contribution < -0.4 is 5.32 Å². The molecule has 2 N–H and O–H groups in total. The molecule has 1 saturated heterocycles. The van der Waals surface area contributed by atoms with Gasteiger partial charge in [0.1, 0.15) is 5.69 Å². The second kappa shape index (κ2) is 9.18. The zero-order chi connectivity index (χ0) is 21.8. The SMILES string of the molecule is CC(Sc1ccccc1)C(=O)N1CCN(C(=O)CCNC(=O)c2ccc[nH]2)C2(CC2)C1. The Balaban J connectivity index is 1.27. The molecule has 4 rings (SSSR count). The normalized spacial score (nSPS) is 18.0. The van der Waals surface area contributed by atoms with E-state index >= 15 is 0 Å². The Bertz CT molecular complexity index is 928. The number of aromatic amines is 1. The van der Waals surface area contributed by atoms with Gasteiger partial charge >= 0.3 is 0 Å². The van der Waals surface area contributed by atoms with Crippen molar-refractivity contribution in [2.24, 2.45) is 0 Å². The predicted molar refractivity (Wildman–Crippen MR) is 120 cm³/mol. The third-order valence-corrected chi connectivity index (χ3v) is 7.06. The first-order valence-electron chi connectivity index (χ1n) is 10.7. The van der Waals surface area contributed by atoms with Crippen LogP contribution in [0.4, 0.5) is 0 Å². The fourth-order valence-electron chi connectivity index (χ4n) is 4.12. The van der Waals surface area contributed by atoms with Gasteiger partial charge in [0.25, 0.3) is 5.91 Å². The number of piperazine rings is 1. The van der Waals surface area contributed by atoms with E-state index in [1.165, 1.54) is 0 Å². The summed E-state index contributed by atoms with van der Waals surface area (Å²) in [5.41, 5.74) is 0.270. The molecule has 1 aromatic carbocycles. The first kappa shape index (κ1) is 21.5. The van der Waals surface area contributed by atoms with Gasteiger partial charge in [-0.05, 0) is 44.0 Å². The zero-order valence-corrected chi connectivity index (χ0v) is 18.5. The standard InChI is InChI=1S/C23H28N4O3S/c1-17(31-18-6-3-2-4-7-18)22(30)26-14-15-27(23(16-26)10-11-23)20(28)9-13-25-21(29)19-8-5-12-24-19/h2-8,12,17,24H,9-11,13-16H2,1H3,(H,25,29). The Morgan fingerprint density at radius 2 is 1.90 bits per heavy atom. The summed E-state index contributed by atoms with van der Waals surface area (Å²) in [6.07, 6.45) is 3.81. The van der Waals surface area contributed by atoms with Crippen LogP contribution in [0.5, 0.6) is 0 Å². The number of hydrogen-bond donors (Lipinski definition) is 2. The topological polar surface area (TPSA) is 85.5 Å². The van der Waals surface area contributed by atoms with Crippen molar-refractivity contribution < 1.29 is 14.4 Å². The van der Waals surface area contributed by atoms with Gasteiger partial charge in [-0.25, -0.2) is 0 Å². The van der Waals surface area contributed by atoms with Crippen LogP contribution in [0.25, 0.3) is 0 Å². The van der Waals surface area contributed by atoms with Crippen LogP contribution in [0.1, 0.15) is 36.7 Å². The number of benzene rings is 1. The molecule has 8 heteroatoms. The van der Waals surface area contributed by atoms with Gasteiger partial charge in [0.15, 0.2) is 0 Å². The largest absolute Gasteiger partial charge is 0.357 e. The highest BCUT2D eigenvalue weighted by atomic mass is 32.2. The molecule has 1 aromatic heterocycles. The summed E-state index contributed by atoms with van der Waals surface area (Å²) >= 11 is 1.57. The Kier molecular flexibility index (Phi) is 6.36. The summed E-state index contributed by atoms with van der Waals surface area (Å²) in [6.45, 7) is 3.96. The van der Waals surface area contributed by atoms with Gasteiger partial charge in [0, 0.05) is 43.7 Å². The highest BCUT2D eigenvalue weighted by Gasteiger charge is 2.53. The molecule has 2 heterocycles. The molecule has 7 nitrogen and oxygen atoms in total. The molecule has 0 radical (unpaired) electrons. The molecule has 2 fully saturated rings. The lowest BCUT2D eigenvalue weighted by Gasteiger charge is -2.43. The Hall–Kier alpha value is -2.74. The second-order valence-corrected chi connectivity index (χ2v) is 9.61. The maximum absolute atomic E-state index is 13.0. The molecule has 1 atom stereocenters. The third kappa shape index (κ3) is 4.95. The number of H-pyrrole nitrogens is 1. The van der Waals surface area contributed by atoms with Crippen LogP contribution in [0, 0.1) is 0 Å². The van der Waals surface area contributed by atoms with E-state index in [2.05, 4.69) is 10.3 Å². The Labute approximate surface area is 186 Å². The maximum atomic E-state index is 13.0. The minimum Gasteiger partial charge on any atom is -0.357 e. The summed E-state index contributed by atoms with van der Waals surface area (Å²) in [6, 6.07) is 13.4. The highest BCUT2D eigenvalue weighted by molar-refractivity contribution is 8.00. The summed E-state index contributed by atoms with van der Waals surface area (Å²) in [5.74, 6) is -0.0345. The van der Waals surface area contributed by atoms with Crippen LogP contribution in [-0.4, -0.2) is 69.5 Å². The average Bonchev–Trinajstić information content (AvgIpc) is 3.30. The molecule has 1 aliphatic heterocycles. The number of carbonyl (C=O) groups is 3. The minimum absolute atomic E-state index is 0.0445. The third-order valence-electron chi connectivity index (χ3n) is 5.96. The highest BCUT2D eigenvalue weighted by Crippen LogP contribution is 2.45. The number of rotatable bonds is 7. The van der Waals surface area contributed by atoms with Crippen LogP contribution in [0.15, 0.2) is 53.6 Å². The smallest absolute Gasteiger partial charge is 0.267 e. The lowest BCUT2D eigenvalue weighted by atomic mass is 10.1. The van der Waals surface area contributed by atoms with Crippen molar-refractivity contribution in [2.45, 2.75) is 41.9 Å². The van der Waals surface area contributed by atoms with Crippen molar-refractivity contribution in [3.8, 4) is 0 Å². The van der Waals surface area contributed by atoms with E-state index in [0.717, 1.165) is 17.7 Å². The van der Waals surface area contributed by atoms with Gasteiger partial charge in [0.2, 0.25) is 11.8 Å². The molecule has 31 heavy (non-hydrogen) atoms. The average molecular weight is 441 g/mol. The molecular formula is C23H28N4O3S. The number of amides is 3. The van der Waals surface area contributed by atoms with E-state index in [9.17, 15) is 14.4 Å². The minimum atomic E-state index is -0.217. The van der Waals surface area contributed by atoms with Gasteiger partial charge in [0.05, 0.1) is 10.8 Å². The van der Waals surface area contributed by atoms with E-state index < -0.39 is 0 Å². The first-order chi connectivity index (χ1) is 15.0. The molecule has 0 bridgehead atoms. The van der Waals surface area contributed by atoms with Crippen molar-refractivity contribution >= 4 is 29.5 Å². The van der Waals surface area contributed by atoms with E-state index in [0.29, 0.717) is 31.9 Å². The van der Waals surface area contributed by atoms with Gasteiger partial charge in [-0.1, -0.05) is 18.2 Å².